The van der Waals surface area contributed by atoms with Crippen LogP contribution in [0.3, 0.4) is 0 Å². The highest BCUT2D eigenvalue weighted by molar-refractivity contribution is 6.35. The first-order valence-corrected chi connectivity index (χ1v) is 7.52. The van der Waals surface area contributed by atoms with Gasteiger partial charge in [-0.1, -0.05) is 48.0 Å². The molecule has 3 aromatic rings. The molecule has 3 rings (SSSR count). The van der Waals surface area contributed by atoms with Crippen molar-refractivity contribution >= 4 is 28.4 Å². The van der Waals surface area contributed by atoms with Gasteiger partial charge >= 0.3 is 0 Å². The van der Waals surface area contributed by atoms with E-state index >= 15 is 0 Å². The van der Waals surface area contributed by atoms with Gasteiger partial charge < -0.3 is 5.32 Å². The predicted molar refractivity (Wildman–Crippen MR) is 87.6 cm³/mol. The molecule has 1 aromatic heterocycles. The minimum absolute atomic E-state index is 0.00883. The van der Waals surface area contributed by atoms with Crippen molar-refractivity contribution in [3.63, 3.8) is 0 Å². The van der Waals surface area contributed by atoms with Crippen molar-refractivity contribution in [2.24, 2.45) is 0 Å². The standard InChI is InChI=1S/C17H16ClN3O/c18-15-7-4-8-16-14(15)12-20-21(16)10-9-17(22)19-11-13-5-2-1-3-6-13/h1-8,12H,9-11H2,(H,19,22). The summed E-state index contributed by atoms with van der Waals surface area (Å²) in [5.41, 5.74) is 2.04. The minimum atomic E-state index is 0.00883. The summed E-state index contributed by atoms with van der Waals surface area (Å²) in [6.07, 6.45) is 2.12. The van der Waals surface area contributed by atoms with Gasteiger partial charge in [0, 0.05) is 18.4 Å². The van der Waals surface area contributed by atoms with Crippen LogP contribution in [0.4, 0.5) is 0 Å². The van der Waals surface area contributed by atoms with Crippen molar-refractivity contribution in [3.05, 3.63) is 65.3 Å². The summed E-state index contributed by atoms with van der Waals surface area (Å²) in [7, 11) is 0. The molecule has 0 atom stereocenters. The highest BCUT2D eigenvalue weighted by Crippen LogP contribution is 2.22. The van der Waals surface area contributed by atoms with E-state index in [2.05, 4.69) is 10.4 Å². The average Bonchev–Trinajstić information content (AvgIpc) is 2.96. The van der Waals surface area contributed by atoms with Gasteiger partial charge in [-0.15, -0.1) is 0 Å². The zero-order chi connectivity index (χ0) is 15.4. The number of fused-ring (bicyclic) bond motifs is 1. The molecule has 0 unspecified atom stereocenters. The quantitative estimate of drug-likeness (QED) is 0.785. The van der Waals surface area contributed by atoms with Crippen molar-refractivity contribution in [2.45, 2.75) is 19.5 Å². The number of carbonyl (C=O) groups is 1. The number of aryl methyl sites for hydroxylation is 1. The van der Waals surface area contributed by atoms with E-state index in [9.17, 15) is 4.79 Å². The summed E-state index contributed by atoms with van der Waals surface area (Å²) < 4.78 is 1.81. The van der Waals surface area contributed by atoms with Crippen LogP contribution in [-0.4, -0.2) is 15.7 Å². The van der Waals surface area contributed by atoms with Gasteiger partial charge in [-0.3, -0.25) is 9.48 Å². The molecule has 4 nitrogen and oxygen atoms in total. The van der Waals surface area contributed by atoms with Crippen LogP contribution >= 0.6 is 11.6 Å². The molecule has 0 radical (unpaired) electrons. The molecule has 1 amide bonds. The summed E-state index contributed by atoms with van der Waals surface area (Å²) in [6, 6.07) is 15.5. The van der Waals surface area contributed by atoms with Crippen LogP contribution in [0.15, 0.2) is 54.7 Å². The van der Waals surface area contributed by atoms with Crippen molar-refractivity contribution in [3.8, 4) is 0 Å². The number of halogens is 1. The van der Waals surface area contributed by atoms with E-state index in [0.29, 0.717) is 24.5 Å². The lowest BCUT2D eigenvalue weighted by Gasteiger charge is -2.06. The highest BCUT2D eigenvalue weighted by Gasteiger charge is 2.07. The monoisotopic (exact) mass is 313 g/mol. The summed E-state index contributed by atoms with van der Waals surface area (Å²) >= 11 is 6.12. The lowest BCUT2D eigenvalue weighted by molar-refractivity contribution is -0.121. The van der Waals surface area contributed by atoms with Gasteiger partial charge in [0.05, 0.1) is 23.3 Å². The zero-order valence-corrected chi connectivity index (χ0v) is 12.8. The number of rotatable bonds is 5. The Bertz CT molecular complexity index is 783. The van der Waals surface area contributed by atoms with E-state index in [1.165, 1.54) is 0 Å². The van der Waals surface area contributed by atoms with Crippen molar-refractivity contribution in [1.29, 1.82) is 0 Å². The number of amides is 1. The second-order valence-corrected chi connectivity index (χ2v) is 5.46. The lowest BCUT2D eigenvalue weighted by atomic mass is 10.2. The third kappa shape index (κ3) is 3.28. The normalized spacial score (nSPS) is 10.8. The molecule has 0 fully saturated rings. The van der Waals surface area contributed by atoms with E-state index in [0.717, 1.165) is 16.5 Å². The molecule has 112 valence electrons. The van der Waals surface area contributed by atoms with E-state index in [1.54, 1.807) is 6.20 Å². The highest BCUT2D eigenvalue weighted by atomic mass is 35.5. The SMILES string of the molecule is O=C(CCn1ncc2c(Cl)cccc21)NCc1ccccc1. The first kappa shape index (κ1) is 14.6. The zero-order valence-electron chi connectivity index (χ0n) is 12.0. The minimum Gasteiger partial charge on any atom is -0.352 e. The predicted octanol–water partition coefficient (Wildman–Crippen LogP) is 3.40. The van der Waals surface area contributed by atoms with Crippen LogP contribution in [-0.2, 0) is 17.9 Å². The first-order chi connectivity index (χ1) is 10.7. The van der Waals surface area contributed by atoms with Gasteiger partial charge in [-0.05, 0) is 17.7 Å². The third-order valence-corrected chi connectivity index (χ3v) is 3.85. The summed E-state index contributed by atoms with van der Waals surface area (Å²) in [6.45, 7) is 1.08. The molecule has 0 bridgehead atoms. The van der Waals surface area contributed by atoms with Gasteiger partial charge in [-0.2, -0.15) is 5.10 Å². The van der Waals surface area contributed by atoms with Crippen molar-refractivity contribution in [1.82, 2.24) is 15.1 Å². The van der Waals surface area contributed by atoms with E-state index in [4.69, 9.17) is 11.6 Å². The molecular formula is C17H16ClN3O. The average molecular weight is 314 g/mol. The Hall–Kier alpha value is -2.33. The molecule has 0 saturated heterocycles. The Kier molecular flexibility index (Phi) is 4.39. The number of nitrogens with one attached hydrogen (secondary N) is 1. The van der Waals surface area contributed by atoms with Gasteiger partial charge in [0.1, 0.15) is 0 Å². The summed E-state index contributed by atoms with van der Waals surface area (Å²) in [4.78, 5) is 11.9. The molecule has 0 aliphatic rings. The van der Waals surface area contributed by atoms with Gasteiger partial charge in [-0.25, -0.2) is 0 Å². The fourth-order valence-electron chi connectivity index (χ4n) is 2.34. The van der Waals surface area contributed by atoms with Crippen molar-refractivity contribution < 1.29 is 4.79 Å². The van der Waals surface area contributed by atoms with Crippen LogP contribution in [0.25, 0.3) is 10.9 Å². The number of nitrogens with zero attached hydrogens (tertiary/aromatic N) is 2. The Labute approximate surface area is 133 Å². The maximum Gasteiger partial charge on any atom is 0.222 e. The largest absolute Gasteiger partial charge is 0.352 e. The number of hydrogen-bond donors (Lipinski definition) is 1. The Morgan fingerprint density at radius 2 is 1.95 bits per heavy atom. The van der Waals surface area contributed by atoms with Crippen LogP contribution < -0.4 is 5.32 Å². The molecule has 0 aliphatic carbocycles. The fourth-order valence-corrected chi connectivity index (χ4v) is 2.56. The van der Waals surface area contributed by atoms with E-state index in [1.807, 2.05) is 53.2 Å². The van der Waals surface area contributed by atoms with E-state index < -0.39 is 0 Å². The fraction of sp³-hybridized carbons (Fsp3) is 0.176. The molecular weight excluding hydrogens is 298 g/mol. The smallest absolute Gasteiger partial charge is 0.222 e. The number of aromatic nitrogens is 2. The maximum atomic E-state index is 11.9. The molecule has 1 heterocycles. The molecule has 5 heteroatoms. The third-order valence-electron chi connectivity index (χ3n) is 3.52. The van der Waals surface area contributed by atoms with Crippen LogP contribution in [0.2, 0.25) is 5.02 Å². The number of hydrogen-bond acceptors (Lipinski definition) is 2. The van der Waals surface area contributed by atoms with Gasteiger partial charge in [0.2, 0.25) is 5.91 Å². The lowest BCUT2D eigenvalue weighted by Crippen LogP contribution is -2.24. The van der Waals surface area contributed by atoms with Crippen molar-refractivity contribution in [2.75, 3.05) is 0 Å². The molecule has 2 aromatic carbocycles. The van der Waals surface area contributed by atoms with Gasteiger partial charge in [0.15, 0.2) is 0 Å². The molecule has 22 heavy (non-hydrogen) atoms. The molecule has 0 saturated carbocycles. The number of carbonyl (C=O) groups excluding carboxylic acids is 1. The van der Waals surface area contributed by atoms with Gasteiger partial charge in [0.25, 0.3) is 0 Å². The molecule has 0 spiro atoms. The Morgan fingerprint density at radius 3 is 2.77 bits per heavy atom. The summed E-state index contributed by atoms with van der Waals surface area (Å²) in [5.74, 6) is 0.00883. The molecule has 1 N–H and O–H groups in total. The van der Waals surface area contributed by atoms with E-state index in [-0.39, 0.29) is 5.91 Å². The Morgan fingerprint density at radius 1 is 1.14 bits per heavy atom. The van der Waals surface area contributed by atoms with Crippen LogP contribution in [0.1, 0.15) is 12.0 Å². The Balaban J connectivity index is 1.57. The van der Waals surface area contributed by atoms with Crippen LogP contribution in [0.5, 0.6) is 0 Å². The second kappa shape index (κ2) is 6.62. The second-order valence-electron chi connectivity index (χ2n) is 5.05. The molecule has 0 aliphatic heterocycles. The maximum absolute atomic E-state index is 11.9. The van der Waals surface area contributed by atoms with Crippen LogP contribution in [0, 0.1) is 0 Å². The first-order valence-electron chi connectivity index (χ1n) is 7.15. The topological polar surface area (TPSA) is 46.9 Å². The summed E-state index contributed by atoms with van der Waals surface area (Å²) in [5, 5.41) is 8.80. The number of benzene rings is 2.